The van der Waals surface area contributed by atoms with E-state index in [9.17, 15) is 14.2 Å². The Hall–Kier alpha value is -0.290. The van der Waals surface area contributed by atoms with Crippen LogP contribution in [0.4, 0.5) is 0 Å². The molecule has 1 unspecified atom stereocenters. The first-order chi connectivity index (χ1) is 9.59. The number of hydrogen-bond donors (Lipinski definition) is 4. The summed E-state index contributed by atoms with van der Waals surface area (Å²) >= 11 is 8.38. The van der Waals surface area contributed by atoms with Gasteiger partial charge in [0.2, 0.25) is 0 Å². The lowest BCUT2D eigenvalue weighted by molar-refractivity contribution is 0.0521. The molecule has 1 aromatic rings. The van der Waals surface area contributed by atoms with Crippen molar-refractivity contribution in [2.75, 3.05) is 13.2 Å². The van der Waals surface area contributed by atoms with Crippen LogP contribution >= 0.6 is 25.8 Å². The van der Waals surface area contributed by atoms with Gasteiger partial charge in [-0.1, -0.05) is 12.2 Å². The molecule has 120 valence electrons. The Morgan fingerprint density at radius 1 is 1.38 bits per heavy atom. The Bertz CT molecular complexity index is 682. The minimum atomic E-state index is -4.78. The van der Waals surface area contributed by atoms with Gasteiger partial charge in [0, 0.05) is 12.3 Å². The summed E-state index contributed by atoms with van der Waals surface area (Å²) in [7, 11) is -4.78. The van der Waals surface area contributed by atoms with E-state index in [-0.39, 0.29) is 19.9 Å². The number of aromatic nitrogens is 2. The van der Waals surface area contributed by atoms with Gasteiger partial charge in [-0.25, -0.2) is 13.7 Å². The lowest BCUT2D eigenvalue weighted by Gasteiger charge is -2.16. The summed E-state index contributed by atoms with van der Waals surface area (Å²) in [5.41, 5.74) is -4.53. The average molecular weight is 378 g/mol. The van der Waals surface area contributed by atoms with E-state index < -0.39 is 24.8 Å². The molecular formula is C7H12N2O8P2S2. The van der Waals surface area contributed by atoms with Crippen molar-refractivity contribution in [2.24, 2.45) is 0 Å². The van der Waals surface area contributed by atoms with Crippen molar-refractivity contribution >= 4 is 37.6 Å². The summed E-state index contributed by atoms with van der Waals surface area (Å²) in [6.07, 6.45) is 1.25. The maximum absolute atomic E-state index is 11.3. The number of hydrogen-bond acceptors (Lipinski definition) is 7. The molecule has 21 heavy (non-hydrogen) atoms. The van der Waals surface area contributed by atoms with Gasteiger partial charge in [-0.15, -0.1) is 0 Å². The van der Waals surface area contributed by atoms with Gasteiger partial charge in [0.05, 0.1) is 13.2 Å². The first-order valence-electron chi connectivity index (χ1n) is 5.21. The zero-order valence-corrected chi connectivity index (χ0v) is 13.8. The highest BCUT2D eigenvalue weighted by Gasteiger charge is 2.26. The molecule has 14 heteroatoms. The number of rotatable bonds is 8. The van der Waals surface area contributed by atoms with Gasteiger partial charge >= 0.3 is 13.5 Å². The predicted molar refractivity (Wildman–Crippen MR) is 79.6 cm³/mol. The SMILES string of the molecule is O=c1ccn(COCCOP(=S)(S)OP(=O)(O)O)c(=O)[nH]1. The first kappa shape index (κ1) is 18.8. The standard InChI is InChI=1S/C7H12N2O8P2S2/c10-6-1-2-9(7(11)8-6)5-15-3-4-16-19(20,21)17-18(12,13)14/h1-2H,3-5H2,(H,20,21)(H,8,10,11)(H2,12,13,14). The maximum Gasteiger partial charge on any atom is 0.475 e. The summed E-state index contributed by atoms with van der Waals surface area (Å²) in [5.74, 6) is 0. The largest absolute Gasteiger partial charge is 0.475 e. The van der Waals surface area contributed by atoms with Crippen LogP contribution < -0.4 is 11.2 Å². The molecule has 0 amide bonds. The summed E-state index contributed by atoms with van der Waals surface area (Å²) in [6.45, 7) is -0.318. The molecular weight excluding hydrogens is 366 g/mol. The number of thiol groups is 1. The van der Waals surface area contributed by atoms with E-state index in [1.54, 1.807) is 0 Å². The number of H-pyrrole nitrogens is 1. The Labute approximate surface area is 128 Å². The van der Waals surface area contributed by atoms with Crippen molar-refractivity contribution in [1.82, 2.24) is 9.55 Å². The molecule has 0 aliphatic heterocycles. The van der Waals surface area contributed by atoms with E-state index in [1.807, 2.05) is 4.98 Å². The maximum atomic E-state index is 11.3. The number of ether oxygens (including phenoxy) is 1. The second-order valence-electron chi connectivity index (χ2n) is 3.49. The summed E-state index contributed by atoms with van der Waals surface area (Å²) in [4.78, 5) is 41.3. The smallest absolute Gasteiger partial charge is 0.358 e. The van der Waals surface area contributed by atoms with E-state index in [4.69, 9.17) is 19.0 Å². The van der Waals surface area contributed by atoms with Crippen LogP contribution in [0.15, 0.2) is 21.9 Å². The van der Waals surface area contributed by atoms with Crippen LogP contribution in [0.25, 0.3) is 0 Å². The van der Waals surface area contributed by atoms with Crippen LogP contribution in [-0.2, 0) is 36.7 Å². The van der Waals surface area contributed by atoms with E-state index >= 15 is 0 Å². The number of nitrogens with one attached hydrogen (secondary N) is 1. The van der Waals surface area contributed by atoms with Crippen molar-refractivity contribution < 1.29 is 27.9 Å². The van der Waals surface area contributed by atoms with E-state index in [2.05, 4.69) is 28.4 Å². The van der Waals surface area contributed by atoms with E-state index in [0.717, 1.165) is 10.6 Å². The van der Waals surface area contributed by atoms with Gasteiger partial charge < -0.3 is 19.0 Å². The zero-order valence-electron chi connectivity index (χ0n) is 10.3. The van der Waals surface area contributed by atoms with Crippen LogP contribution in [0.1, 0.15) is 0 Å². The third kappa shape index (κ3) is 8.05. The number of phosphoric acid groups is 1. The number of nitrogens with zero attached hydrogens (tertiary/aromatic N) is 1. The summed E-state index contributed by atoms with van der Waals surface area (Å²) < 4.78 is 25.9. The van der Waals surface area contributed by atoms with Crippen molar-refractivity contribution in [3.05, 3.63) is 33.1 Å². The molecule has 1 rings (SSSR count). The molecule has 10 nitrogen and oxygen atoms in total. The monoisotopic (exact) mass is 378 g/mol. The molecule has 0 bridgehead atoms. The van der Waals surface area contributed by atoms with Crippen molar-refractivity contribution in [3.63, 3.8) is 0 Å². The minimum absolute atomic E-state index is 0.0327. The molecule has 1 aromatic heterocycles. The highest BCUT2D eigenvalue weighted by molar-refractivity contribution is 8.60. The Kier molecular flexibility index (Phi) is 6.98. The van der Waals surface area contributed by atoms with Gasteiger partial charge in [-0.05, 0) is 11.8 Å². The van der Waals surface area contributed by atoms with Gasteiger partial charge in [0.15, 0.2) is 0 Å². The lowest BCUT2D eigenvalue weighted by Crippen LogP contribution is -2.29. The predicted octanol–water partition coefficient (Wildman–Crippen LogP) is -0.209. The van der Waals surface area contributed by atoms with Crippen molar-refractivity contribution in [2.45, 2.75) is 6.73 Å². The normalized spacial score (nSPS) is 14.8. The van der Waals surface area contributed by atoms with Crippen LogP contribution in [0.2, 0.25) is 0 Å². The van der Waals surface area contributed by atoms with Gasteiger partial charge in [0.1, 0.15) is 6.73 Å². The Morgan fingerprint density at radius 2 is 2.05 bits per heavy atom. The molecule has 0 fully saturated rings. The van der Waals surface area contributed by atoms with Gasteiger partial charge in [0.25, 0.3) is 11.3 Å². The molecule has 0 aromatic carbocycles. The Morgan fingerprint density at radius 3 is 2.62 bits per heavy atom. The molecule has 0 saturated heterocycles. The third-order valence-corrected chi connectivity index (χ3v) is 5.92. The molecule has 0 aliphatic carbocycles. The fraction of sp³-hybridized carbons (Fsp3) is 0.429. The van der Waals surface area contributed by atoms with Crippen LogP contribution in [-0.4, -0.2) is 32.6 Å². The summed E-state index contributed by atoms with van der Waals surface area (Å²) in [5, 5.41) is 0. The van der Waals surface area contributed by atoms with Gasteiger partial charge in [-0.2, -0.15) is 0 Å². The molecule has 3 N–H and O–H groups in total. The summed E-state index contributed by atoms with van der Waals surface area (Å²) in [6, 6.07) is 1.16. The molecule has 0 spiro atoms. The average Bonchev–Trinajstić information content (AvgIpc) is 2.27. The highest BCUT2D eigenvalue weighted by Crippen LogP contribution is 2.63. The fourth-order valence-electron chi connectivity index (χ4n) is 1.08. The second-order valence-corrected chi connectivity index (χ2v) is 10.2. The zero-order chi connectivity index (χ0) is 16.1. The topological polar surface area (TPSA) is 140 Å². The van der Waals surface area contributed by atoms with Crippen molar-refractivity contribution in [1.29, 1.82) is 0 Å². The molecule has 1 heterocycles. The van der Waals surface area contributed by atoms with E-state index in [0.29, 0.717) is 0 Å². The third-order valence-electron chi connectivity index (χ3n) is 1.82. The van der Waals surface area contributed by atoms with Crippen molar-refractivity contribution in [3.8, 4) is 0 Å². The van der Waals surface area contributed by atoms with Crippen LogP contribution in [0, 0.1) is 0 Å². The van der Waals surface area contributed by atoms with Gasteiger partial charge in [-0.3, -0.25) is 14.3 Å². The molecule has 0 saturated carbocycles. The van der Waals surface area contributed by atoms with Crippen LogP contribution in [0.3, 0.4) is 0 Å². The molecule has 0 radical (unpaired) electrons. The quantitative estimate of drug-likeness (QED) is 0.275. The lowest BCUT2D eigenvalue weighted by atomic mass is 10.6. The Balaban J connectivity index is 2.35. The number of aromatic amines is 1. The molecule has 0 aliphatic rings. The molecule has 1 atom stereocenters. The van der Waals surface area contributed by atoms with Crippen LogP contribution in [0.5, 0.6) is 0 Å². The minimum Gasteiger partial charge on any atom is -0.358 e. The second kappa shape index (κ2) is 7.82. The first-order valence-corrected chi connectivity index (χ1v) is 10.5. The highest BCUT2D eigenvalue weighted by atomic mass is 32.9. The van der Waals surface area contributed by atoms with E-state index in [1.165, 1.54) is 6.20 Å². The fourth-order valence-corrected chi connectivity index (χ4v) is 4.75.